The summed E-state index contributed by atoms with van der Waals surface area (Å²) in [6, 6.07) is 0. The Morgan fingerprint density at radius 3 is 2.00 bits per heavy atom. The van der Waals surface area contributed by atoms with Crippen LogP contribution in [0.1, 0.15) is 13.8 Å². The van der Waals surface area contributed by atoms with Gasteiger partial charge in [0.1, 0.15) is 0 Å². The minimum atomic E-state index is -0.925. The highest BCUT2D eigenvalue weighted by atomic mass is 32.2. The molecular formula is C8H18SSi. The van der Waals surface area contributed by atoms with Crippen LogP contribution in [0.5, 0.6) is 0 Å². The Morgan fingerprint density at radius 2 is 1.70 bits per heavy atom. The molecule has 60 valence electrons. The minimum Gasteiger partial charge on any atom is -0.132 e. The van der Waals surface area contributed by atoms with Crippen molar-refractivity contribution >= 4 is 19.8 Å². The molecule has 10 heavy (non-hydrogen) atoms. The Balaban J connectivity index is 3.57. The zero-order valence-corrected chi connectivity index (χ0v) is 9.46. The van der Waals surface area contributed by atoms with Crippen LogP contribution >= 0.6 is 11.8 Å². The van der Waals surface area contributed by atoms with E-state index in [0.29, 0.717) is 0 Å². The fourth-order valence-corrected chi connectivity index (χ4v) is 2.66. The third-order valence-corrected chi connectivity index (χ3v) is 3.16. The van der Waals surface area contributed by atoms with Gasteiger partial charge in [0, 0.05) is 5.25 Å². The van der Waals surface area contributed by atoms with Gasteiger partial charge in [0.25, 0.3) is 0 Å². The standard InChI is InChI=1S/C8H18SSi/c1-8(2)9-6-7-10(3,4)5/h6-8H,1-5H3/b7-6-. The molecule has 2 heteroatoms. The summed E-state index contributed by atoms with van der Waals surface area (Å²) in [5, 5.41) is 2.99. The van der Waals surface area contributed by atoms with Crippen molar-refractivity contribution in [3.63, 3.8) is 0 Å². The van der Waals surface area contributed by atoms with E-state index in [4.69, 9.17) is 0 Å². The quantitative estimate of drug-likeness (QED) is 0.590. The molecule has 0 aliphatic carbocycles. The van der Waals surface area contributed by atoms with Gasteiger partial charge in [-0.2, -0.15) is 0 Å². The first-order valence-electron chi connectivity index (χ1n) is 3.75. The predicted octanol–water partition coefficient (Wildman–Crippen LogP) is 3.52. The van der Waals surface area contributed by atoms with Gasteiger partial charge >= 0.3 is 0 Å². The SMILES string of the molecule is CC(C)S/C=C\[Si](C)(C)C. The molecule has 0 amide bonds. The molecule has 0 aromatic rings. The van der Waals surface area contributed by atoms with Crippen molar-refractivity contribution in [2.24, 2.45) is 0 Å². The Bertz CT molecular complexity index is 111. The first-order chi connectivity index (χ1) is 4.42. The number of hydrogen-bond acceptors (Lipinski definition) is 1. The number of thioether (sulfide) groups is 1. The molecule has 0 rings (SSSR count). The highest BCUT2D eigenvalue weighted by Crippen LogP contribution is 2.13. The molecule has 0 nitrogen and oxygen atoms in total. The third kappa shape index (κ3) is 8.31. The maximum absolute atomic E-state index is 2.39. The molecule has 0 aliphatic heterocycles. The fourth-order valence-electron chi connectivity index (χ4n) is 0.401. The second-order valence-electron chi connectivity index (χ2n) is 3.85. The summed E-state index contributed by atoms with van der Waals surface area (Å²) in [6.45, 7) is 11.5. The largest absolute Gasteiger partial charge is 0.132 e. The van der Waals surface area contributed by atoms with Crippen molar-refractivity contribution in [1.82, 2.24) is 0 Å². The van der Waals surface area contributed by atoms with Gasteiger partial charge in [-0.1, -0.05) is 39.2 Å². The second kappa shape index (κ2) is 4.24. The molecule has 0 aromatic carbocycles. The maximum Gasteiger partial charge on any atom is 0.0693 e. The van der Waals surface area contributed by atoms with E-state index < -0.39 is 8.07 Å². The van der Waals surface area contributed by atoms with Crippen LogP contribution < -0.4 is 0 Å². The summed E-state index contributed by atoms with van der Waals surface area (Å²) in [5.41, 5.74) is 2.39. The number of rotatable bonds is 3. The molecule has 0 saturated carbocycles. The first kappa shape index (κ1) is 10.3. The molecule has 0 aromatic heterocycles. The molecular weight excluding hydrogens is 156 g/mol. The van der Waals surface area contributed by atoms with E-state index in [1.807, 2.05) is 11.8 Å². The normalized spacial score (nSPS) is 13.4. The van der Waals surface area contributed by atoms with E-state index in [-0.39, 0.29) is 0 Å². The lowest BCUT2D eigenvalue weighted by atomic mass is 10.6. The lowest BCUT2D eigenvalue weighted by molar-refractivity contribution is 1.12. The van der Waals surface area contributed by atoms with E-state index in [1.165, 1.54) is 0 Å². The van der Waals surface area contributed by atoms with Crippen LogP contribution in [0.15, 0.2) is 11.1 Å². The van der Waals surface area contributed by atoms with E-state index in [9.17, 15) is 0 Å². The van der Waals surface area contributed by atoms with Crippen LogP contribution in [0.3, 0.4) is 0 Å². The molecule has 0 unspecified atom stereocenters. The second-order valence-corrected chi connectivity index (χ2v) is 10.4. The summed E-state index contributed by atoms with van der Waals surface area (Å²) in [5.74, 6) is 0. The lowest BCUT2D eigenvalue weighted by Gasteiger charge is -2.08. The molecule has 0 radical (unpaired) electrons. The average molecular weight is 174 g/mol. The van der Waals surface area contributed by atoms with Gasteiger partial charge in [-0.05, 0) is 5.41 Å². The van der Waals surface area contributed by atoms with Crippen LogP contribution in [-0.2, 0) is 0 Å². The van der Waals surface area contributed by atoms with Crippen molar-refractivity contribution in [1.29, 1.82) is 0 Å². The molecule has 0 spiro atoms. The van der Waals surface area contributed by atoms with Crippen LogP contribution in [0.2, 0.25) is 19.6 Å². The molecule has 0 aliphatic rings. The third-order valence-electron chi connectivity index (χ3n) is 0.919. The van der Waals surface area contributed by atoms with Crippen LogP contribution in [0.25, 0.3) is 0 Å². The topological polar surface area (TPSA) is 0 Å². The summed E-state index contributed by atoms with van der Waals surface area (Å²) >= 11 is 1.91. The zero-order chi connectivity index (χ0) is 8.20. The molecule has 0 atom stereocenters. The van der Waals surface area contributed by atoms with E-state index in [1.54, 1.807) is 0 Å². The molecule has 0 heterocycles. The lowest BCUT2D eigenvalue weighted by Crippen LogP contribution is -2.15. The fraction of sp³-hybridized carbons (Fsp3) is 0.750. The Kier molecular flexibility index (Phi) is 4.37. The molecule has 0 fully saturated rings. The van der Waals surface area contributed by atoms with Gasteiger partial charge in [0.05, 0.1) is 8.07 Å². The smallest absolute Gasteiger partial charge is 0.0693 e. The maximum atomic E-state index is 2.39. The van der Waals surface area contributed by atoms with E-state index >= 15 is 0 Å². The summed E-state index contributed by atoms with van der Waals surface area (Å²) < 4.78 is 0. The molecule has 0 N–H and O–H groups in total. The van der Waals surface area contributed by atoms with Crippen LogP contribution in [0.4, 0.5) is 0 Å². The van der Waals surface area contributed by atoms with E-state index in [0.717, 1.165) is 5.25 Å². The summed E-state index contributed by atoms with van der Waals surface area (Å²) in [6.07, 6.45) is 0. The van der Waals surface area contributed by atoms with Crippen molar-refractivity contribution in [3.05, 3.63) is 11.1 Å². The van der Waals surface area contributed by atoms with Gasteiger partial charge in [-0.15, -0.1) is 11.8 Å². The highest BCUT2D eigenvalue weighted by molar-refractivity contribution is 8.02. The predicted molar refractivity (Wildman–Crippen MR) is 55.2 cm³/mol. The Labute approximate surface area is 70.1 Å². The molecule has 0 bridgehead atoms. The van der Waals surface area contributed by atoms with Crippen LogP contribution in [0, 0.1) is 0 Å². The number of hydrogen-bond donors (Lipinski definition) is 0. The van der Waals surface area contributed by atoms with Crippen molar-refractivity contribution < 1.29 is 0 Å². The van der Waals surface area contributed by atoms with Gasteiger partial charge < -0.3 is 0 Å². The summed E-state index contributed by atoms with van der Waals surface area (Å²) in [4.78, 5) is 0. The molecule has 0 saturated heterocycles. The highest BCUT2D eigenvalue weighted by Gasteiger charge is 2.06. The monoisotopic (exact) mass is 174 g/mol. The van der Waals surface area contributed by atoms with Gasteiger partial charge in [0.2, 0.25) is 0 Å². The first-order valence-corrected chi connectivity index (χ1v) is 8.27. The van der Waals surface area contributed by atoms with Crippen molar-refractivity contribution in [2.45, 2.75) is 38.7 Å². The minimum absolute atomic E-state index is 0.729. The van der Waals surface area contributed by atoms with Crippen molar-refractivity contribution in [2.75, 3.05) is 0 Å². The van der Waals surface area contributed by atoms with Gasteiger partial charge in [0.15, 0.2) is 0 Å². The average Bonchev–Trinajstić information content (AvgIpc) is 1.59. The summed E-state index contributed by atoms with van der Waals surface area (Å²) in [7, 11) is -0.925. The van der Waals surface area contributed by atoms with Gasteiger partial charge in [-0.25, -0.2) is 0 Å². The Hall–Kier alpha value is 0.307. The van der Waals surface area contributed by atoms with E-state index in [2.05, 4.69) is 44.6 Å². The van der Waals surface area contributed by atoms with Crippen LogP contribution in [-0.4, -0.2) is 13.3 Å². The Morgan fingerprint density at radius 1 is 1.20 bits per heavy atom. The van der Waals surface area contributed by atoms with Crippen molar-refractivity contribution in [3.8, 4) is 0 Å². The van der Waals surface area contributed by atoms with Gasteiger partial charge in [-0.3, -0.25) is 0 Å². The zero-order valence-electron chi connectivity index (χ0n) is 7.64.